The lowest BCUT2D eigenvalue weighted by Crippen LogP contribution is -2.44. The van der Waals surface area contributed by atoms with Crippen LogP contribution in [0.15, 0.2) is 66.7 Å². The number of nitrogens with zero attached hydrogens (tertiary/aromatic N) is 1. The molecule has 4 rings (SSSR count). The van der Waals surface area contributed by atoms with Crippen molar-refractivity contribution in [3.63, 3.8) is 0 Å². The molecule has 0 radical (unpaired) electrons. The highest BCUT2D eigenvalue weighted by Gasteiger charge is 2.38. The zero-order valence-corrected chi connectivity index (χ0v) is 20.0. The van der Waals surface area contributed by atoms with Crippen LogP contribution in [0, 0.1) is 5.92 Å². The lowest BCUT2D eigenvalue weighted by molar-refractivity contribution is -0.144. The predicted molar refractivity (Wildman–Crippen MR) is 132 cm³/mol. The van der Waals surface area contributed by atoms with Gasteiger partial charge in [0.15, 0.2) is 0 Å². The van der Waals surface area contributed by atoms with Crippen LogP contribution in [-0.4, -0.2) is 34.0 Å². The molecule has 3 amide bonds. The second-order valence-electron chi connectivity index (χ2n) is 9.06. The summed E-state index contributed by atoms with van der Waals surface area (Å²) >= 11 is 0. The van der Waals surface area contributed by atoms with Crippen LogP contribution in [-0.2, 0) is 17.5 Å². The minimum Gasteiger partial charge on any atom is -0.480 e. The lowest BCUT2D eigenvalue weighted by Gasteiger charge is -2.27. The number of urea groups is 1. The Balaban J connectivity index is 1.43. The van der Waals surface area contributed by atoms with Crippen molar-refractivity contribution < 1.29 is 32.7 Å². The van der Waals surface area contributed by atoms with Gasteiger partial charge in [-0.2, -0.15) is 13.2 Å². The molecule has 0 fully saturated rings. The van der Waals surface area contributed by atoms with Gasteiger partial charge >= 0.3 is 18.2 Å². The van der Waals surface area contributed by atoms with Gasteiger partial charge < -0.3 is 20.6 Å². The Kier molecular flexibility index (Phi) is 6.93. The van der Waals surface area contributed by atoms with Crippen molar-refractivity contribution in [3.8, 4) is 11.1 Å². The molecule has 0 unspecified atom stereocenters. The smallest absolute Gasteiger partial charge is 0.416 e. The molecule has 0 saturated heterocycles. The highest BCUT2D eigenvalue weighted by Crippen LogP contribution is 2.32. The van der Waals surface area contributed by atoms with Gasteiger partial charge in [0.25, 0.3) is 5.91 Å². The number of carboxylic acids is 1. The van der Waals surface area contributed by atoms with E-state index in [4.69, 9.17) is 0 Å². The van der Waals surface area contributed by atoms with Crippen molar-refractivity contribution in [2.75, 3.05) is 10.6 Å². The number of alkyl halides is 3. The van der Waals surface area contributed by atoms with E-state index in [1.54, 1.807) is 44.2 Å². The molecule has 1 heterocycles. The summed E-state index contributed by atoms with van der Waals surface area (Å²) in [4.78, 5) is 38.3. The lowest BCUT2D eigenvalue weighted by atomic mass is 10.00. The van der Waals surface area contributed by atoms with Crippen LogP contribution in [0.2, 0.25) is 0 Å². The number of benzene rings is 3. The van der Waals surface area contributed by atoms with Crippen LogP contribution in [0.1, 0.15) is 35.3 Å². The highest BCUT2D eigenvalue weighted by molar-refractivity contribution is 6.02. The summed E-state index contributed by atoms with van der Waals surface area (Å²) in [5, 5.41) is 14.7. The van der Waals surface area contributed by atoms with Crippen molar-refractivity contribution in [3.05, 3.63) is 83.4 Å². The highest BCUT2D eigenvalue weighted by atomic mass is 19.4. The van der Waals surface area contributed by atoms with E-state index in [1.165, 1.54) is 17.0 Å². The standard InChI is InChI=1S/C27H24F3N3O4/c1-15(2)23(25(35)36)33-14-18-4-3-17(13-22(18)24(33)34)16-5-9-20(10-6-16)31-26(37)32-21-11-7-19(8-12-21)27(28,29)30/h3-13,15,23H,14H2,1-2H3,(H,35,36)(H2,31,32,37)/t23-/m0/s1. The third-order valence-corrected chi connectivity index (χ3v) is 6.11. The minimum atomic E-state index is -4.46. The Hall–Kier alpha value is -4.34. The second-order valence-corrected chi connectivity index (χ2v) is 9.06. The molecule has 1 aliphatic heterocycles. The Labute approximate surface area is 210 Å². The van der Waals surface area contributed by atoms with Crippen molar-refractivity contribution >= 4 is 29.3 Å². The molecule has 192 valence electrons. The Morgan fingerprint density at radius 3 is 1.95 bits per heavy atom. The van der Waals surface area contributed by atoms with Gasteiger partial charge in [0.05, 0.1) is 5.56 Å². The number of halogens is 3. The van der Waals surface area contributed by atoms with Gasteiger partial charge in [-0.1, -0.05) is 38.1 Å². The molecule has 7 nitrogen and oxygen atoms in total. The predicted octanol–water partition coefficient (Wildman–Crippen LogP) is 6.08. The van der Waals surface area contributed by atoms with E-state index in [-0.39, 0.29) is 24.1 Å². The molecule has 1 atom stereocenters. The van der Waals surface area contributed by atoms with Crippen molar-refractivity contribution in [1.82, 2.24) is 4.90 Å². The first-order valence-corrected chi connectivity index (χ1v) is 11.5. The molecule has 37 heavy (non-hydrogen) atoms. The van der Waals surface area contributed by atoms with Crippen LogP contribution in [0.5, 0.6) is 0 Å². The van der Waals surface area contributed by atoms with E-state index >= 15 is 0 Å². The van der Waals surface area contributed by atoms with Gasteiger partial charge in [-0.3, -0.25) is 4.79 Å². The summed E-state index contributed by atoms with van der Waals surface area (Å²) in [5.41, 5.74) is 2.62. The largest absolute Gasteiger partial charge is 0.480 e. The van der Waals surface area contributed by atoms with E-state index in [2.05, 4.69) is 10.6 Å². The minimum absolute atomic E-state index is 0.210. The molecular formula is C27H24F3N3O4. The number of fused-ring (bicyclic) bond motifs is 1. The molecule has 1 aliphatic rings. The van der Waals surface area contributed by atoms with Crippen molar-refractivity contribution in [2.45, 2.75) is 32.6 Å². The van der Waals surface area contributed by atoms with Gasteiger partial charge in [0.2, 0.25) is 0 Å². The molecular weight excluding hydrogens is 487 g/mol. The third-order valence-electron chi connectivity index (χ3n) is 6.11. The number of carbonyl (C=O) groups excluding carboxylic acids is 2. The molecule has 0 spiro atoms. The van der Waals surface area contributed by atoms with Crippen molar-refractivity contribution in [1.29, 1.82) is 0 Å². The normalized spacial score (nSPS) is 13.9. The monoisotopic (exact) mass is 511 g/mol. The third kappa shape index (κ3) is 5.58. The van der Waals surface area contributed by atoms with E-state index in [0.29, 0.717) is 11.3 Å². The molecule has 10 heteroatoms. The zero-order chi connectivity index (χ0) is 26.9. The van der Waals surface area contributed by atoms with E-state index in [9.17, 15) is 32.7 Å². The number of aliphatic carboxylic acids is 1. The van der Waals surface area contributed by atoms with Gasteiger partial charge in [0.1, 0.15) is 6.04 Å². The first-order valence-electron chi connectivity index (χ1n) is 11.5. The average Bonchev–Trinajstić information content (AvgIpc) is 3.14. The Morgan fingerprint density at radius 1 is 0.892 bits per heavy atom. The first-order chi connectivity index (χ1) is 17.4. The van der Waals surface area contributed by atoms with Crippen molar-refractivity contribution in [2.24, 2.45) is 5.92 Å². The summed E-state index contributed by atoms with van der Waals surface area (Å²) in [6.45, 7) is 3.76. The number of rotatable bonds is 6. The van der Waals surface area contributed by atoms with Gasteiger partial charge in [0, 0.05) is 23.5 Å². The van der Waals surface area contributed by atoms with Crippen LogP contribution in [0.4, 0.5) is 29.3 Å². The first kappa shape index (κ1) is 25.7. The summed E-state index contributed by atoms with van der Waals surface area (Å²) in [6, 6.07) is 14.8. The van der Waals surface area contributed by atoms with Crippen LogP contribution in [0.25, 0.3) is 11.1 Å². The average molecular weight is 512 g/mol. The molecule has 3 N–H and O–H groups in total. The van der Waals surface area contributed by atoms with E-state index in [1.807, 2.05) is 12.1 Å². The Morgan fingerprint density at radius 2 is 1.43 bits per heavy atom. The maximum atomic E-state index is 13.0. The molecule has 3 aromatic rings. The number of amides is 3. The summed E-state index contributed by atoms with van der Waals surface area (Å²) in [7, 11) is 0. The van der Waals surface area contributed by atoms with Crippen LogP contribution < -0.4 is 10.6 Å². The van der Waals surface area contributed by atoms with E-state index in [0.717, 1.165) is 28.8 Å². The number of hydrogen-bond donors (Lipinski definition) is 3. The van der Waals surface area contributed by atoms with Crippen LogP contribution in [0.3, 0.4) is 0 Å². The number of anilines is 2. The zero-order valence-electron chi connectivity index (χ0n) is 20.0. The van der Waals surface area contributed by atoms with Gasteiger partial charge in [-0.15, -0.1) is 0 Å². The Bertz CT molecular complexity index is 1340. The second kappa shape index (κ2) is 9.96. The maximum Gasteiger partial charge on any atom is 0.416 e. The fourth-order valence-electron chi connectivity index (χ4n) is 4.29. The van der Waals surface area contributed by atoms with Gasteiger partial charge in [-0.25, -0.2) is 9.59 Å². The summed E-state index contributed by atoms with van der Waals surface area (Å²) in [6.07, 6.45) is -4.46. The van der Waals surface area contributed by atoms with E-state index < -0.39 is 29.8 Å². The van der Waals surface area contributed by atoms with Crippen LogP contribution >= 0.6 is 0 Å². The maximum absolute atomic E-state index is 13.0. The number of nitrogens with one attached hydrogen (secondary N) is 2. The number of carbonyl (C=O) groups is 3. The molecule has 3 aromatic carbocycles. The quantitative estimate of drug-likeness (QED) is 0.374. The topological polar surface area (TPSA) is 98.7 Å². The molecule has 0 aromatic heterocycles. The molecule has 0 bridgehead atoms. The fourth-order valence-corrected chi connectivity index (χ4v) is 4.29. The SMILES string of the molecule is CC(C)[C@@H](C(=O)O)N1Cc2ccc(-c3ccc(NC(=O)Nc4ccc(C(F)(F)F)cc4)cc3)cc2C1=O. The molecule has 0 aliphatic carbocycles. The fraction of sp³-hybridized carbons (Fsp3) is 0.222. The number of carboxylic acid groups (broad SMARTS) is 1. The summed E-state index contributed by atoms with van der Waals surface area (Å²) in [5.74, 6) is -1.61. The molecule has 0 saturated carbocycles. The van der Waals surface area contributed by atoms with Gasteiger partial charge in [-0.05, 0) is 65.1 Å². The number of hydrogen-bond acceptors (Lipinski definition) is 3. The summed E-state index contributed by atoms with van der Waals surface area (Å²) < 4.78 is 38.0.